The molecule has 0 saturated heterocycles. The van der Waals surface area contributed by atoms with E-state index in [1.165, 1.54) is 263 Å². The number of carbonyl (C=O) groups is 4. The summed E-state index contributed by atoms with van der Waals surface area (Å²) in [6.07, 6.45) is 66.6. The zero-order valence-electron chi connectivity index (χ0n) is 66.1. The molecule has 0 aromatic heterocycles. The van der Waals surface area contributed by atoms with Crippen LogP contribution in [-0.2, 0) is 65.4 Å². The van der Waals surface area contributed by atoms with Gasteiger partial charge in [-0.25, -0.2) is 9.13 Å². The van der Waals surface area contributed by atoms with Crippen molar-refractivity contribution in [3.05, 3.63) is 0 Å². The predicted molar refractivity (Wildman–Crippen MR) is 414 cm³/mol. The third-order valence-corrected chi connectivity index (χ3v) is 21.2. The first-order chi connectivity index (χ1) is 49.0. The summed E-state index contributed by atoms with van der Waals surface area (Å²) in [7, 11) is -9.92. The van der Waals surface area contributed by atoms with Crippen LogP contribution in [0.3, 0.4) is 0 Å². The van der Waals surface area contributed by atoms with Crippen LogP contribution in [-0.4, -0.2) is 96.7 Å². The number of hydrogen-bond donors (Lipinski definition) is 3. The summed E-state index contributed by atoms with van der Waals surface area (Å²) in [5.41, 5.74) is 0. The lowest BCUT2D eigenvalue weighted by atomic mass is 10.0. The monoisotopic (exact) mass is 1480 g/mol. The first-order valence-corrected chi connectivity index (χ1v) is 45.6. The number of hydrogen-bond acceptors (Lipinski definition) is 15. The molecule has 0 rings (SSSR count). The van der Waals surface area contributed by atoms with Crippen molar-refractivity contribution in [1.29, 1.82) is 0 Å². The Morgan fingerprint density at radius 1 is 0.267 bits per heavy atom. The third kappa shape index (κ3) is 76.1. The van der Waals surface area contributed by atoms with E-state index in [-0.39, 0.29) is 25.7 Å². The van der Waals surface area contributed by atoms with Crippen molar-refractivity contribution < 1.29 is 80.2 Å². The van der Waals surface area contributed by atoms with Gasteiger partial charge in [-0.05, 0) is 31.6 Å². The second-order valence-corrected chi connectivity index (χ2v) is 32.9. The van der Waals surface area contributed by atoms with Crippen molar-refractivity contribution in [2.24, 2.45) is 5.92 Å². The molecule has 2 unspecified atom stereocenters. The molecule has 101 heavy (non-hydrogen) atoms. The highest BCUT2D eigenvalue weighted by molar-refractivity contribution is 7.47. The van der Waals surface area contributed by atoms with E-state index in [0.29, 0.717) is 25.7 Å². The van der Waals surface area contributed by atoms with Crippen molar-refractivity contribution in [3.63, 3.8) is 0 Å². The SMILES string of the molecule is CCCCCCCCCCCCCCCCCCCCCCCCC(=O)O[C@H](COC(=O)CCCCCCCCCCCCCC(C)C)COP(=O)(O)OC[C@@H](O)COP(=O)(O)OC[C@@H](COC(=O)CCCCCCCCCCCCC)OC(=O)CCCCCCCCCCCCCCCC. The van der Waals surface area contributed by atoms with Gasteiger partial charge in [0.1, 0.15) is 19.3 Å². The molecule has 0 heterocycles. The molecule has 0 aliphatic heterocycles. The van der Waals surface area contributed by atoms with Gasteiger partial charge < -0.3 is 33.8 Å². The molecule has 0 fully saturated rings. The van der Waals surface area contributed by atoms with Crippen molar-refractivity contribution in [2.75, 3.05) is 39.6 Å². The zero-order valence-corrected chi connectivity index (χ0v) is 67.8. The molecule has 3 N–H and O–H groups in total. The van der Waals surface area contributed by atoms with Crippen molar-refractivity contribution in [3.8, 4) is 0 Å². The predicted octanol–water partition coefficient (Wildman–Crippen LogP) is 24.8. The maximum Gasteiger partial charge on any atom is 0.472 e. The maximum absolute atomic E-state index is 13.1. The van der Waals surface area contributed by atoms with E-state index in [1.54, 1.807) is 0 Å². The van der Waals surface area contributed by atoms with E-state index in [1.807, 2.05) is 0 Å². The van der Waals surface area contributed by atoms with Gasteiger partial charge in [0.25, 0.3) is 0 Å². The quantitative estimate of drug-likeness (QED) is 0.0222. The van der Waals surface area contributed by atoms with Crippen LogP contribution >= 0.6 is 15.6 Å². The van der Waals surface area contributed by atoms with E-state index in [2.05, 4.69) is 34.6 Å². The topological polar surface area (TPSA) is 237 Å². The summed E-state index contributed by atoms with van der Waals surface area (Å²) < 4.78 is 68.7. The minimum atomic E-state index is -4.96. The highest BCUT2D eigenvalue weighted by Gasteiger charge is 2.30. The smallest absolute Gasteiger partial charge is 0.462 e. The molecule has 19 heteroatoms. The van der Waals surface area contributed by atoms with Gasteiger partial charge in [0.2, 0.25) is 0 Å². The Bertz CT molecular complexity index is 1930. The molecule has 0 saturated carbocycles. The molecule has 0 aliphatic carbocycles. The Kier molecular flexibility index (Phi) is 73.5. The highest BCUT2D eigenvalue weighted by Crippen LogP contribution is 2.45. The van der Waals surface area contributed by atoms with Crippen LogP contribution in [0.25, 0.3) is 0 Å². The first-order valence-electron chi connectivity index (χ1n) is 42.6. The van der Waals surface area contributed by atoms with E-state index in [9.17, 15) is 43.2 Å². The van der Waals surface area contributed by atoms with Gasteiger partial charge in [-0.2, -0.15) is 0 Å². The number of carbonyl (C=O) groups excluding carboxylic acids is 4. The van der Waals surface area contributed by atoms with Gasteiger partial charge >= 0.3 is 39.5 Å². The maximum atomic E-state index is 13.1. The average Bonchev–Trinajstić information content (AvgIpc) is 0.929. The van der Waals surface area contributed by atoms with Crippen molar-refractivity contribution >= 4 is 39.5 Å². The lowest BCUT2D eigenvalue weighted by Crippen LogP contribution is -2.30. The Labute approximate surface area is 619 Å². The molecule has 0 aromatic carbocycles. The number of phosphoric ester groups is 2. The van der Waals surface area contributed by atoms with Crippen molar-refractivity contribution in [1.82, 2.24) is 0 Å². The molecular formula is C82H160O17P2. The molecule has 0 radical (unpaired) electrons. The minimum absolute atomic E-state index is 0.109. The van der Waals surface area contributed by atoms with Gasteiger partial charge in [0, 0.05) is 25.7 Å². The number of rotatable bonds is 82. The molecule has 0 amide bonds. The minimum Gasteiger partial charge on any atom is -0.462 e. The molecule has 5 atom stereocenters. The summed E-state index contributed by atoms with van der Waals surface area (Å²) in [4.78, 5) is 73.0. The zero-order chi connectivity index (χ0) is 74.1. The normalized spacial score (nSPS) is 13.8. The van der Waals surface area contributed by atoms with Gasteiger partial charge in [0.15, 0.2) is 12.2 Å². The first kappa shape index (κ1) is 99.1. The molecular weight excluding hydrogens is 1320 g/mol. The van der Waals surface area contributed by atoms with Crippen LogP contribution in [0.5, 0.6) is 0 Å². The van der Waals surface area contributed by atoms with Crippen molar-refractivity contribution in [2.45, 2.75) is 457 Å². The summed E-state index contributed by atoms with van der Waals surface area (Å²) in [6, 6.07) is 0. The van der Waals surface area contributed by atoms with Gasteiger partial charge in [-0.1, -0.05) is 388 Å². The Morgan fingerprint density at radius 3 is 0.673 bits per heavy atom. The Morgan fingerprint density at radius 2 is 0.455 bits per heavy atom. The van der Waals surface area contributed by atoms with Crippen LogP contribution in [0.1, 0.15) is 439 Å². The molecule has 0 aromatic rings. The number of ether oxygens (including phenoxy) is 4. The van der Waals surface area contributed by atoms with E-state index in [0.717, 1.165) is 95.8 Å². The molecule has 0 spiro atoms. The number of esters is 4. The van der Waals surface area contributed by atoms with Gasteiger partial charge in [-0.15, -0.1) is 0 Å². The Hall–Kier alpha value is -1.94. The van der Waals surface area contributed by atoms with E-state index >= 15 is 0 Å². The molecule has 0 bridgehead atoms. The molecule has 17 nitrogen and oxygen atoms in total. The summed E-state index contributed by atoms with van der Waals surface area (Å²) >= 11 is 0. The van der Waals surface area contributed by atoms with Gasteiger partial charge in [-0.3, -0.25) is 37.3 Å². The lowest BCUT2D eigenvalue weighted by Gasteiger charge is -2.21. The fourth-order valence-electron chi connectivity index (χ4n) is 12.8. The number of aliphatic hydroxyl groups excluding tert-OH is 1. The second-order valence-electron chi connectivity index (χ2n) is 30.0. The standard InChI is InChI=1S/C82H160O17P2/c1-6-9-12-15-18-21-24-26-28-29-30-31-32-33-34-35-37-42-48-53-58-63-68-82(87)99-78(72-93-80(85)66-61-56-51-46-43-38-40-44-49-54-59-64-75(4)5)74-97-101(90,91)95-70-76(83)69-94-100(88,89)96-73-77(71-92-79(84)65-60-55-50-45-39-23-20-17-14-11-8-3)98-81(86)67-62-57-52-47-41-36-27-25-22-19-16-13-10-7-2/h75-78,83H,6-74H2,1-5H3,(H,88,89)(H,90,91)/t76-,77+,78+/m0/s1. The summed E-state index contributed by atoms with van der Waals surface area (Å²) in [6.45, 7) is 7.34. The second kappa shape index (κ2) is 74.9. The third-order valence-electron chi connectivity index (χ3n) is 19.3. The average molecular weight is 1480 g/mol. The van der Waals surface area contributed by atoms with Gasteiger partial charge in [0.05, 0.1) is 26.4 Å². The summed E-state index contributed by atoms with van der Waals surface area (Å²) in [5, 5.41) is 10.6. The van der Waals surface area contributed by atoms with Crippen LogP contribution in [0.15, 0.2) is 0 Å². The van der Waals surface area contributed by atoms with Crippen LogP contribution in [0, 0.1) is 5.92 Å². The number of unbranched alkanes of at least 4 members (excludes halogenated alkanes) is 54. The fraction of sp³-hybridized carbons (Fsp3) is 0.951. The van der Waals surface area contributed by atoms with Crippen LogP contribution in [0.2, 0.25) is 0 Å². The number of phosphoric acid groups is 2. The largest absolute Gasteiger partial charge is 0.472 e. The highest BCUT2D eigenvalue weighted by atomic mass is 31.2. The van der Waals surface area contributed by atoms with E-state index < -0.39 is 97.5 Å². The lowest BCUT2D eigenvalue weighted by molar-refractivity contribution is -0.161. The number of aliphatic hydroxyl groups is 1. The Balaban J connectivity index is 5.21. The molecule has 600 valence electrons. The van der Waals surface area contributed by atoms with Crippen LogP contribution < -0.4 is 0 Å². The van der Waals surface area contributed by atoms with Crippen LogP contribution in [0.4, 0.5) is 0 Å². The summed E-state index contributed by atoms with van der Waals surface area (Å²) in [5.74, 6) is -1.33. The fourth-order valence-corrected chi connectivity index (χ4v) is 14.3. The molecule has 0 aliphatic rings. The van der Waals surface area contributed by atoms with E-state index in [4.69, 9.17) is 37.0 Å².